The van der Waals surface area contributed by atoms with Gasteiger partial charge in [-0.2, -0.15) is 14.0 Å². The van der Waals surface area contributed by atoms with Gasteiger partial charge in [-0.15, -0.1) is 0 Å². The topological polar surface area (TPSA) is 59.3 Å². The summed E-state index contributed by atoms with van der Waals surface area (Å²) < 4.78 is 33.5. The van der Waals surface area contributed by atoms with Crippen LogP contribution in [0.2, 0.25) is 0 Å². The van der Waals surface area contributed by atoms with Crippen LogP contribution < -0.4 is 4.74 Å². The van der Waals surface area contributed by atoms with Gasteiger partial charge in [0.2, 0.25) is 0 Å². The zero-order valence-corrected chi connectivity index (χ0v) is 9.65. The Morgan fingerprint density at radius 1 is 1.50 bits per heavy atom. The maximum Gasteiger partial charge on any atom is 0.387 e. The molecular formula is C12H11F2NO3. The Labute approximate surface area is 103 Å². The van der Waals surface area contributed by atoms with E-state index in [0.29, 0.717) is 5.56 Å². The third kappa shape index (κ3) is 3.42. The van der Waals surface area contributed by atoms with Gasteiger partial charge in [-0.05, 0) is 18.1 Å². The van der Waals surface area contributed by atoms with Crippen molar-refractivity contribution >= 4 is 5.97 Å². The van der Waals surface area contributed by atoms with Gasteiger partial charge in [0.1, 0.15) is 11.3 Å². The van der Waals surface area contributed by atoms with Crippen molar-refractivity contribution in [1.82, 2.24) is 0 Å². The molecule has 0 N–H and O–H groups in total. The van der Waals surface area contributed by atoms with Gasteiger partial charge in [-0.1, -0.05) is 12.1 Å². The van der Waals surface area contributed by atoms with Crippen LogP contribution in [0.25, 0.3) is 0 Å². The lowest BCUT2D eigenvalue weighted by atomic mass is 10.0. The van der Waals surface area contributed by atoms with Crippen LogP contribution in [-0.4, -0.2) is 19.7 Å². The van der Waals surface area contributed by atoms with Crippen molar-refractivity contribution < 1.29 is 23.0 Å². The number of nitriles is 1. The van der Waals surface area contributed by atoms with Gasteiger partial charge >= 0.3 is 12.6 Å². The van der Waals surface area contributed by atoms with Crippen LogP contribution in [0.15, 0.2) is 18.2 Å². The summed E-state index contributed by atoms with van der Waals surface area (Å²) in [5.41, 5.74) is 0.299. The standard InChI is InChI=1S/C12H11F2NO3/c1-17-11(16)9-6-2-4-8(5-3-7-15)10(9)18-12(13)14/h2,4,6,12H,3,5H2,1H3. The first-order valence-corrected chi connectivity index (χ1v) is 5.12. The van der Waals surface area contributed by atoms with E-state index in [-0.39, 0.29) is 24.2 Å². The van der Waals surface area contributed by atoms with Crippen LogP contribution in [0.1, 0.15) is 22.3 Å². The van der Waals surface area contributed by atoms with Crippen LogP contribution in [0.3, 0.4) is 0 Å². The summed E-state index contributed by atoms with van der Waals surface area (Å²) in [4.78, 5) is 11.4. The minimum atomic E-state index is -3.04. The molecule has 0 unspecified atom stereocenters. The van der Waals surface area contributed by atoms with E-state index in [2.05, 4.69) is 9.47 Å². The highest BCUT2D eigenvalue weighted by Crippen LogP contribution is 2.27. The molecule has 0 aliphatic heterocycles. The van der Waals surface area contributed by atoms with Crippen molar-refractivity contribution in [3.8, 4) is 11.8 Å². The van der Waals surface area contributed by atoms with Crippen LogP contribution in [0.4, 0.5) is 8.78 Å². The predicted molar refractivity (Wildman–Crippen MR) is 58.3 cm³/mol. The molecule has 0 spiro atoms. The number of rotatable bonds is 5. The second-order valence-corrected chi connectivity index (χ2v) is 3.32. The largest absolute Gasteiger partial charge is 0.465 e. The number of hydrogen-bond donors (Lipinski definition) is 0. The third-order valence-corrected chi connectivity index (χ3v) is 2.21. The van der Waals surface area contributed by atoms with Crippen LogP contribution >= 0.6 is 0 Å². The highest BCUT2D eigenvalue weighted by atomic mass is 19.3. The van der Waals surface area contributed by atoms with Gasteiger partial charge in [0.15, 0.2) is 0 Å². The first-order chi connectivity index (χ1) is 8.60. The Hall–Kier alpha value is -2.16. The molecule has 0 aliphatic carbocycles. The fourth-order valence-electron chi connectivity index (χ4n) is 1.47. The molecule has 1 rings (SSSR count). The number of halogens is 2. The number of carbonyl (C=O) groups is 1. The predicted octanol–water partition coefficient (Wildman–Crippen LogP) is 2.53. The van der Waals surface area contributed by atoms with Crippen molar-refractivity contribution in [2.24, 2.45) is 0 Å². The number of methoxy groups -OCH3 is 1. The van der Waals surface area contributed by atoms with Crippen molar-refractivity contribution in [2.75, 3.05) is 7.11 Å². The van der Waals surface area contributed by atoms with E-state index in [9.17, 15) is 13.6 Å². The average Bonchev–Trinajstić information content (AvgIpc) is 2.36. The molecule has 0 saturated heterocycles. The van der Waals surface area contributed by atoms with Gasteiger partial charge in [0.05, 0.1) is 13.2 Å². The fourth-order valence-corrected chi connectivity index (χ4v) is 1.47. The van der Waals surface area contributed by atoms with Crippen molar-refractivity contribution in [3.05, 3.63) is 29.3 Å². The Kier molecular flexibility index (Phi) is 5.06. The van der Waals surface area contributed by atoms with Crippen molar-refractivity contribution in [2.45, 2.75) is 19.5 Å². The number of benzene rings is 1. The molecule has 1 aromatic carbocycles. The first kappa shape index (κ1) is 13.9. The molecule has 1 aromatic rings. The molecule has 0 aromatic heterocycles. The molecule has 4 nitrogen and oxygen atoms in total. The number of carbonyl (C=O) groups excluding carboxylic acids is 1. The highest BCUT2D eigenvalue weighted by Gasteiger charge is 2.19. The molecule has 0 heterocycles. The highest BCUT2D eigenvalue weighted by molar-refractivity contribution is 5.93. The van der Waals surface area contributed by atoms with Crippen LogP contribution in [-0.2, 0) is 11.2 Å². The summed E-state index contributed by atoms with van der Waals surface area (Å²) in [6.45, 7) is -3.04. The lowest BCUT2D eigenvalue weighted by Crippen LogP contribution is -2.11. The van der Waals surface area contributed by atoms with Gasteiger partial charge < -0.3 is 9.47 Å². The van der Waals surface area contributed by atoms with E-state index in [1.807, 2.05) is 6.07 Å². The molecule has 0 atom stereocenters. The van der Waals surface area contributed by atoms with Crippen molar-refractivity contribution in [3.63, 3.8) is 0 Å². The first-order valence-electron chi connectivity index (χ1n) is 5.12. The number of ether oxygens (including phenoxy) is 2. The molecule has 0 bridgehead atoms. The van der Waals surface area contributed by atoms with E-state index in [1.54, 1.807) is 0 Å². The smallest absolute Gasteiger partial charge is 0.387 e. The summed E-state index contributed by atoms with van der Waals surface area (Å²) in [6, 6.07) is 6.29. The second-order valence-electron chi connectivity index (χ2n) is 3.32. The summed E-state index contributed by atoms with van der Waals surface area (Å²) in [5, 5.41) is 8.49. The lowest BCUT2D eigenvalue weighted by molar-refractivity contribution is -0.0510. The minimum Gasteiger partial charge on any atom is -0.465 e. The Bertz CT molecular complexity index is 469. The second kappa shape index (κ2) is 6.55. The summed E-state index contributed by atoms with van der Waals surface area (Å²) in [7, 11) is 1.15. The Morgan fingerprint density at radius 2 is 2.22 bits per heavy atom. The van der Waals surface area contributed by atoms with Crippen molar-refractivity contribution in [1.29, 1.82) is 5.26 Å². The Morgan fingerprint density at radius 3 is 2.78 bits per heavy atom. The normalized spacial score (nSPS) is 9.94. The van der Waals surface area contributed by atoms with Gasteiger partial charge in [0, 0.05) is 6.42 Å². The molecule has 0 fully saturated rings. The number of para-hydroxylation sites is 1. The number of esters is 1. The maximum absolute atomic E-state index is 12.3. The molecule has 0 amide bonds. The number of aryl methyl sites for hydroxylation is 1. The molecule has 96 valence electrons. The van der Waals surface area contributed by atoms with E-state index in [1.165, 1.54) is 18.2 Å². The van der Waals surface area contributed by atoms with E-state index in [4.69, 9.17) is 5.26 Å². The SMILES string of the molecule is COC(=O)c1cccc(CCC#N)c1OC(F)F. The third-order valence-electron chi connectivity index (χ3n) is 2.21. The zero-order chi connectivity index (χ0) is 13.5. The van der Waals surface area contributed by atoms with Crippen LogP contribution in [0, 0.1) is 11.3 Å². The van der Waals surface area contributed by atoms with E-state index >= 15 is 0 Å². The molecule has 0 saturated carbocycles. The summed E-state index contributed by atoms with van der Waals surface area (Å²) in [5.74, 6) is -0.987. The number of nitrogens with zero attached hydrogens (tertiary/aromatic N) is 1. The molecule has 18 heavy (non-hydrogen) atoms. The average molecular weight is 255 g/mol. The maximum atomic E-state index is 12.3. The van der Waals surface area contributed by atoms with Gasteiger partial charge in [0.25, 0.3) is 0 Å². The van der Waals surface area contributed by atoms with Crippen LogP contribution in [0.5, 0.6) is 5.75 Å². The zero-order valence-electron chi connectivity index (χ0n) is 9.65. The minimum absolute atomic E-state index is 0.0757. The fraction of sp³-hybridized carbons (Fsp3) is 0.333. The monoisotopic (exact) mass is 255 g/mol. The summed E-state index contributed by atoms with van der Waals surface area (Å²) >= 11 is 0. The van der Waals surface area contributed by atoms with E-state index in [0.717, 1.165) is 7.11 Å². The lowest BCUT2D eigenvalue weighted by Gasteiger charge is -2.13. The Balaban J connectivity index is 3.17. The summed E-state index contributed by atoms with van der Waals surface area (Å²) in [6.07, 6.45) is 0.369. The molecule has 6 heteroatoms. The molecular weight excluding hydrogens is 244 g/mol. The van der Waals surface area contributed by atoms with E-state index < -0.39 is 12.6 Å². The van der Waals surface area contributed by atoms with Gasteiger partial charge in [-0.25, -0.2) is 4.79 Å². The van der Waals surface area contributed by atoms with Gasteiger partial charge in [-0.3, -0.25) is 0 Å². The molecule has 0 aliphatic rings. The number of alkyl halides is 2. The quantitative estimate of drug-likeness (QED) is 0.758. The molecule has 0 radical (unpaired) electrons. The number of hydrogen-bond acceptors (Lipinski definition) is 4.